The summed E-state index contributed by atoms with van der Waals surface area (Å²) in [5.74, 6) is 0.967. The lowest BCUT2D eigenvalue weighted by Gasteiger charge is -2.10. The fourth-order valence-electron chi connectivity index (χ4n) is 1.55. The predicted octanol–water partition coefficient (Wildman–Crippen LogP) is 3.44. The van der Waals surface area contributed by atoms with Gasteiger partial charge >= 0.3 is 0 Å². The summed E-state index contributed by atoms with van der Waals surface area (Å²) in [6.07, 6.45) is 1.04. The van der Waals surface area contributed by atoms with Crippen molar-refractivity contribution in [2.75, 3.05) is 19.7 Å². The molecule has 0 aliphatic rings. The van der Waals surface area contributed by atoms with E-state index in [2.05, 4.69) is 54.2 Å². The van der Waals surface area contributed by atoms with Crippen LogP contribution in [0.1, 0.15) is 24.5 Å². The van der Waals surface area contributed by atoms with Crippen LogP contribution in [0.3, 0.4) is 0 Å². The molecule has 1 aromatic rings. The van der Waals surface area contributed by atoms with Gasteiger partial charge in [0.1, 0.15) is 5.75 Å². The quantitative estimate of drug-likeness (QED) is 0.809. The van der Waals surface area contributed by atoms with E-state index >= 15 is 0 Å². The van der Waals surface area contributed by atoms with Crippen LogP contribution in [0.5, 0.6) is 5.75 Å². The molecule has 0 bridgehead atoms. The number of aryl methyl sites for hydroxylation is 2. The number of benzene rings is 1. The fraction of sp³-hybridized carbons (Fsp3) is 0.538. The molecule has 1 aromatic carbocycles. The van der Waals surface area contributed by atoms with E-state index in [0.717, 1.165) is 31.9 Å². The summed E-state index contributed by atoms with van der Waals surface area (Å²) in [5.41, 5.74) is 2.45. The first-order chi connectivity index (χ1) is 7.65. The maximum atomic E-state index is 5.71. The van der Waals surface area contributed by atoms with Crippen molar-refractivity contribution in [2.24, 2.45) is 0 Å². The van der Waals surface area contributed by atoms with Crippen LogP contribution in [-0.2, 0) is 0 Å². The van der Waals surface area contributed by atoms with Crippen molar-refractivity contribution < 1.29 is 4.74 Å². The lowest BCUT2D eigenvalue weighted by atomic mass is 10.1. The summed E-state index contributed by atoms with van der Waals surface area (Å²) in [7, 11) is 0. The van der Waals surface area contributed by atoms with Gasteiger partial charge < -0.3 is 10.1 Å². The highest BCUT2D eigenvalue weighted by Gasteiger charge is 2.02. The number of hydrogen-bond acceptors (Lipinski definition) is 2. The molecule has 16 heavy (non-hydrogen) atoms. The summed E-state index contributed by atoms with van der Waals surface area (Å²) in [4.78, 5) is 0. The molecule has 0 saturated carbocycles. The first-order valence-corrected chi connectivity index (χ1v) is 6.54. The highest BCUT2D eigenvalue weighted by Crippen LogP contribution is 2.26. The van der Waals surface area contributed by atoms with Gasteiger partial charge in [-0.25, -0.2) is 0 Å². The molecular weight excluding hydrogens is 266 g/mol. The molecule has 1 N–H and O–H groups in total. The summed E-state index contributed by atoms with van der Waals surface area (Å²) in [6.45, 7) is 9.10. The Hall–Kier alpha value is -0.540. The second-order valence-corrected chi connectivity index (χ2v) is 4.72. The Bertz CT molecular complexity index is 316. The number of rotatable bonds is 6. The summed E-state index contributed by atoms with van der Waals surface area (Å²) >= 11 is 3.55. The Morgan fingerprint density at radius 2 is 1.88 bits per heavy atom. The molecule has 3 heteroatoms. The zero-order valence-electron chi connectivity index (χ0n) is 10.3. The fourth-order valence-corrected chi connectivity index (χ4v) is 1.78. The van der Waals surface area contributed by atoms with Crippen LogP contribution in [0.25, 0.3) is 0 Å². The minimum atomic E-state index is 0.771. The van der Waals surface area contributed by atoms with Crippen LogP contribution in [0.15, 0.2) is 16.6 Å². The Labute approximate surface area is 107 Å². The van der Waals surface area contributed by atoms with Crippen LogP contribution in [-0.4, -0.2) is 19.7 Å². The Morgan fingerprint density at radius 1 is 1.25 bits per heavy atom. The summed E-state index contributed by atoms with van der Waals surface area (Å²) in [6, 6.07) is 4.15. The van der Waals surface area contributed by atoms with Crippen LogP contribution < -0.4 is 10.1 Å². The van der Waals surface area contributed by atoms with Gasteiger partial charge in [-0.15, -0.1) is 0 Å². The molecule has 0 radical (unpaired) electrons. The van der Waals surface area contributed by atoms with Crippen molar-refractivity contribution in [3.8, 4) is 5.75 Å². The molecule has 0 fully saturated rings. The topological polar surface area (TPSA) is 21.3 Å². The molecule has 0 heterocycles. The van der Waals surface area contributed by atoms with Crippen LogP contribution in [0.4, 0.5) is 0 Å². The van der Waals surface area contributed by atoms with Gasteiger partial charge in [0.15, 0.2) is 0 Å². The third-order valence-corrected chi connectivity index (χ3v) is 3.68. The molecule has 0 aliphatic heterocycles. The predicted molar refractivity (Wildman–Crippen MR) is 72.3 cm³/mol. The summed E-state index contributed by atoms with van der Waals surface area (Å²) in [5, 5.41) is 3.28. The Morgan fingerprint density at radius 3 is 2.44 bits per heavy atom. The van der Waals surface area contributed by atoms with Crippen molar-refractivity contribution in [1.82, 2.24) is 5.32 Å². The van der Waals surface area contributed by atoms with Gasteiger partial charge in [0.25, 0.3) is 0 Å². The van der Waals surface area contributed by atoms with Crippen LogP contribution in [0.2, 0.25) is 0 Å². The zero-order chi connectivity index (χ0) is 12.0. The lowest BCUT2D eigenvalue weighted by molar-refractivity contribution is 0.308. The molecule has 90 valence electrons. The summed E-state index contributed by atoms with van der Waals surface area (Å²) < 4.78 is 6.88. The number of hydrogen-bond donors (Lipinski definition) is 1. The molecule has 0 saturated heterocycles. The Kier molecular flexibility index (Phi) is 5.85. The molecule has 0 amide bonds. The zero-order valence-corrected chi connectivity index (χ0v) is 11.9. The molecule has 0 aromatic heterocycles. The number of nitrogens with one attached hydrogen (secondary N) is 1. The smallest absolute Gasteiger partial charge is 0.119 e. The molecule has 0 spiro atoms. The molecular formula is C13H20BrNO. The van der Waals surface area contributed by atoms with Crippen molar-refractivity contribution in [3.63, 3.8) is 0 Å². The largest absolute Gasteiger partial charge is 0.494 e. The van der Waals surface area contributed by atoms with Gasteiger partial charge in [0, 0.05) is 4.47 Å². The molecule has 0 aliphatic carbocycles. The van der Waals surface area contributed by atoms with E-state index in [1.54, 1.807) is 0 Å². The van der Waals surface area contributed by atoms with E-state index in [1.807, 2.05) is 0 Å². The minimum Gasteiger partial charge on any atom is -0.494 e. The SMILES string of the molecule is CCNCCCOc1cc(C)c(Br)c(C)c1. The Balaban J connectivity index is 2.43. The first kappa shape index (κ1) is 13.5. The first-order valence-electron chi connectivity index (χ1n) is 5.75. The minimum absolute atomic E-state index is 0.771. The molecule has 0 atom stereocenters. The van der Waals surface area contributed by atoms with Gasteiger partial charge in [0.2, 0.25) is 0 Å². The highest BCUT2D eigenvalue weighted by molar-refractivity contribution is 9.10. The van der Waals surface area contributed by atoms with Gasteiger partial charge in [-0.05, 0) is 56.6 Å². The van der Waals surface area contributed by atoms with E-state index < -0.39 is 0 Å². The van der Waals surface area contributed by atoms with Crippen LogP contribution in [0, 0.1) is 13.8 Å². The third-order valence-electron chi connectivity index (χ3n) is 2.43. The number of ether oxygens (including phenoxy) is 1. The number of halogens is 1. The molecule has 0 unspecified atom stereocenters. The standard InChI is InChI=1S/C13H20BrNO/c1-4-15-6-5-7-16-12-8-10(2)13(14)11(3)9-12/h8-9,15H,4-7H2,1-3H3. The van der Waals surface area contributed by atoms with Gasteiger partial charge in [-0.1, -0.05) is 22.9 Å². The maximum absolute atomic E-state index is 5.71. The highest BCUT2D eigenvalue weighted by atomic mass is 79.9. The van der Waals surface area contributed by atoms with E-state index in [1.165, 1.54) is 15.6 Å². The van der Waals surface area contributed by atoms with Crippen LogP contribution >= 0.6 is 15.9 Å². The second kappa shape index (κ2) is 6.92. The molecule has 2 nitrogen and oxygen atoms in total. The average Bonchev–Trinajstić information content (AvgIpc) is 2.25. The van der Waals surface area contributed by atoms with Crippen molar-refractivity contribution in [2.45, 2.75) is 27.2 Å². The van der Waals surface area contributed by atoms with Gasteiger partial charge in [-0.2, -0.15) is 0 Å². The van der Waals surface area contributed by atoms with E-state index in [0.29, 0.717) is 0 Å². The van der Waals surface area contributed by atoms with Gasteiger partial charge in [-0.3, -0.25) is 0 Å². The average molecular weight is 286 g/mol. The van der Waals surface area contributed by atoms with E-state index in [-0.39, 0.29) is 0 Å². The van der Waals surface area contributed by atoms with Gasteiger partial charge in [0.05, 0.1) is 6.61 Å². The monoisotopic (exact) mass is 285 g/mol. The van der Waals surface area contributed by atoms with Crippen molar-refractivity contribution in [1.29, 1.82) is 0 Å². The maximum Gasteiger partial charge on any atom is 0.119 e. The normalized spacial score (nSPS) is 10.5. The van der Waals surface area contributed by atoms with E-state index in [4.69, 9.17) is 4.74 Å². The van der Waals surface area contributed by atoms with E-state index in [9.17, 15) is 0 Å². The third kappa shape index (κ3) is 4.14. The van der Waals surface area contributed by atoms with Crippen molar-refractivity contribution >= 4 is 15.9 Å². The second-order valence-electron chi connectivity index (χ2n) is 3.93. The lowest BCUT2D eigenvalue weighted by Crippen LogP contribution is -2.16. The van der Waals surface area contributed by atoms with Crippen molar-refractivity contribution in [3.05, 3.63) is 27.7 Å². The molecule has 1 rings (SSSR count).